The van der Waals surface area contributed by atoms with Crippen LogP contribution in [0.2, 0.25) is 0 Å². The Labute approximate surface area is 99.0 Å². The van der Waals surface area contributed by atoms with E-state index in [-0.39, 0.29) is 25.3 Å². The standard InChI is InChI=1S/C9H10BNO4.ClH/c11-3-9-5-1-7-8(14-4-13-7)2-6(5)10(12)15-9;/h1-2,9,12H,3-4,11H2;1H. The first-order chi connectivity index (χ1) is 7.29. The molecule has 5 nitrogen and oxygen atoms in total. The first-order valence-electron chi connectivity index (χ1n) is 4.76. The molecule has 1 atom stereocenters. The number of rotatable bonds is 1. The highest BCUT2D eigenvalue weighted by Gasteiger charge is 2.36. The molecule has 0 aromatic heterocycles. The number of fused-ring (bicyclic) bond motifs is 2. The fourth-order valence-corrected chi connectivity index (χ4v) is 1.95. The molecule has 3 N–H and O–H groups in total. The predicted octanol–water partition coefficient (Wildman–Crippen LogP) is -0.445. The summed E-state index contributed by atoms with van der Waals surface area (Å²) in [6, 6.07) is 3.57. The average Bonchev–Trinajstić information content (AvgIpc) is 2.81. The van der Waals surface area contributed by atoms with E-state index in [0.29, 0.717) is 18.0 Å². The van der Waals surface area contributed by atoms with Crippen molar-refractivity contribution in [2.75, 3.05) is 13.3 Å². The predicted molar refractivity (Wildman–Crippen MR) is 60.3 cm³/mol. The number of nitrogens with two attached hydrogens (primary N) is 1. The van der Waals surface area contributed by atoms with E-state index in [9.17, 15) is 5.02 Å². The molecule has 0 spiro atoms. The highest BCUT2D eigenvalue weighted by molar-refractivity contribution is 6.61. The summed E-state index contributed by atoms with van der Waals surface area (Å²) in [6.45, 7) is 0.562. The van der Waals surface area contributed by atoms with E-state index in [4.69, 9.17) is 19.9 Å². The van der Waals surface area contributed by atoms with Crippen LogP contribution in [0.4, 0.5) is 0 Å². The third-order valence-corrected chi connectivity index (χ3v) is 2.70. The highest BCUT2D eigenvalue weighted by atomic mass is 35.5. The summed E-state index contributed by atoms with van der Waals surface area (Å²) in [4.78, 5) is 0. The van der Waals surface area contributed by atoms with Gasteiger partial charge < -0.3 is 24.9 Å². The zero-order valence-electron chi connectivity index (χ0n) is 8.38. The van der Waals surface area contributed by atoms with E-state index in [1.54, 1.807) is 6.07 Å². The van der Waals surface area contributed by atoms with Gasteiger partial charge in [-0.1, -0.05) is 0 Å². The van der Waals surface area contributed by atoms with Gasteiger partial charge in [0.05, 0.1) is 6.10 Å². The fraction of sp³-hybridized carbons (Fsp3) is 0.333. The first-order valence-corrected chi connectivity index (χ1v) is 4.76. The normalized spacial score (nSPS) is 20.6. The van der Waals surface area contributed by atoms with E-state index >= 15 is 0 Å². The lowest BCUT2D eigenvalue weighted by Crippen LogP contribution is -2.28. The van der Waals surface area contributed by atoms with Crippen molar-refractivity contribution in [3.63, 3.8) is 0 Å². The third-order valence-electron chi connectivity index (χ3n) is 2.70. The molecule has 1 aromatic carbocycles. The topological polar surface area (TPSA) is 73.9 Å². The highest BCUT2D eigenvalue weighted by Crippen LogP contribution is 2.36. The van der Waals surface area contributed by atoms with Gasteiger partial charge in [0.15, 0.2) is 11.5 Å². The minimum atomic E-state index is -0.914. The first kappa shape index (κ1) is 11.5. The van der Waals surface area contributed by atoms with Crippen LogP contribution in [0, 0.1) is 0 Å². The molecule has 1 unspecified atom stereocenters. The number of ether oxygens (including phenoxy) is 2. The van der Waals surface area contributed by atoms with Gasteiger partial charge >= 0.3 is 7.12 Å². The van der Waals surface area contributed by atoms with Crippen LogP contribution in [0.25, 0.3) is 0 Å². The van der Waals surface area contributed by atoms with Crippen molar-refractivity contribution in [2.24, 2.45) is 5.73 Å². The maximum absolute atomic E-state index is 9.64. The van der Waals surface area contributed by atoms with Crippen LogP contribution in [0.1, 0.15) is 11.7 Å². The van der Waals surface area contributed by atoms with Crippen LogP contribution < -0.4 is 20.7 Å². The monoisotopic (exact) mass is 243 g/mol. The van der Waals surface area contributed by atoms with Crippen molar-refractivity contribution in [1.82, 2.24) is 0 Å². The third kappa shape index (κ3) is 1.54. The Bertz CT molecular complexity index is 417. The second-order valence-corrected chi connectivity index (χ2v) is 3.55. The van der Waals surface area contributed by atoms with Crippen molar-refractivity contribution in [2.45, 2.75) is 6.10 Å². The van der Waals surface area contributed by atoms with Crippen LogP contribution in [0.15, 0.2) is 12.1 Å². The van der Waals surface area contributed by atoms with E-state index in [1.807, 2.05) is 6.07 Å². The Morgan fingerprint density at radius 2 is 2.06 bits per heavy atom. The lowest BCUT2D eigenvalue weighted by molar-refractivity contribution is 0.173. The molecule has 0 aliphatic carbocycles. The summed E-state index contributed by atoms with van der Waals surface area (Å²) in [5.41, 5.74) is 7.15. The van der Waals surface area contributed by atoms with Crippen molar-refractivity contribution in [3.8, 4) is 11.5 Å². The van der Waals surface area contributed by atoms with E-state index in [0.717, 1.165) is 11.0 Å². The largest absolute Gasteiger partial charge is 0.492 e. The van der Waals surface area contributed by atoms with Crippen LogP contribution in [-0.2, 0) is 4.65 Å². The second-order valence-electron chi connectivity index (χ2n) is 3.55. The minimum Gasteiger partial charge on any atom is -0.454 e. The van der Waals surface area contributed by atoms with Gasteiger partial charge in [0.2, 0.25) is 6.79 Å². The Morgan fingerprint density at radius 3 is 2.75 bits per heavy atom. The zero-order valence-corrected chi connectivity index (χ0v) is 9.20. The van der Waals surface area contributed by atoms with Gasteiger partial charge in [-0.15, -0.1) is 12.4 Å². The summed E-state index contributed by atoms with van der Waals surface area (Å²) in [5.74, 6) is 1.33. The van der Waals surface area contributed by atoms with Gasteiger partial charge in [-0.05, 0) is 23.2 Å². The quantitative estimate of drug-likeness (QED) is 0.654. The second kappa shape index (κ2) is 4.14. The molecule has 2 heterocycles. The van der Waals surface area contributed by atoms with Crippen molar-refractivity contribution >= 4 is 25.0 Å². The summed E-state index contributed by atoms with van der Waals surface area (Å²) >= 11 is 0. The number of halogens is 1. The Balaban J connectivity index is 0.000000963. The molecular weight excluding hydrogens is 232 g/mol. The van der Waals surface area contributed by atoms with Gasteiger partial charge in [0.1, 0.15) is 0 Å². The summed E-state index contributed by atoms with van der Waals surface area (Å²) in [6.07, 6.45) is -0.260. The molecule has 0 bridgehead atoms. The Morgan fingerprint density at radius 1 is 1.38 bits per heavy atom. The van der Waals surface area contributed by atoms with Gasteiger partial charge in [0.25, 0.3) is 0 Å². The molecule has 0 saturated carbocycles. The SMILES string of the molecule is Cl.NCC1OB(O)c2cc3c(cc21)OCO3. The number of hydrogen-bond donors (Lipinski definition) is 2. The lowest BCUT2D eigenvalue weighted by atomic mass is 9.79. The van der Waals surface area contributed by atoms with E-state index < -0.39 is 7.12 Å². The van der Waals surface area contributed by atoms with Crippen LogP contribution in [0.3, 0.4) is 0 Å². The maximum atomic E-state index is 9.64. The summed E-state index contributed by atoms with van der Waals surface area (Å²) < 4.78 is 15.8. The molecule has 1 aromatic rings. The smallest absolute Gasteiger partial charge is 0.454 e. The molecule has 0 fully saturated rings. The Kier molecular flexibility index (Phi) is 2.99. The molecule has 2 aliphatic rings. The number of hydrogen-bond acceptors (Lipinski definition) is 5. The molecule has 0 saturated heterocycles. The van der Waals surface area contributed by atoms with E-state index in [1.165, 1.54) is 0 Å². The molecule has 3 rings (SSSR count). The van der Waals surface area contributed by atoms with Crippen LogP contribution in [-0.4, -0.2) is 25.5 Å². The molecular formula is C9H11BClNO4. The molecule has 7 heteroatoms. The van der Waals surface area contributed by atoms with E-state index in [2.05, 4.69) is 0 Å². The van der Waals surface area contributed by atoms with Gasteiger partial charge in [-0.25, -0.2) is 0 Å². The lowest BCUT2D eigenvalue weighted by Gasteiger charge is -2.08. The maximum Gasteiger partial charge on any atom is 0.492 e. The Hall–Kier alpha value is -0.945. The van der Waals surface area contributed by atoms with Crippen molar-refractivity contribution in [3.05, 3.63) is 17.7 Å². The van der Waals surface area contributed by atoms with Crippen molar-refractivity contribution in [1.29, 1.82) is 0 Å². The average molecular weight is 243 g/mol. The van der Waals surface area contributed by atoms with Gasteiger partial charge in [0, 0.05) is 6.54 Å². The van der Waals surface area contributed by atoms with Crippen molar-refractivity contribution < 1.29 is 19.2 Å². The fourth-order valence-electron chi connectivity index (χ4n) is 1.95. The molecule has 86 valence electrons. The summed E-state index contributed by atoms with van der Waals surface area (Å²) in [5, 5.41) is 9.64. The zero-order chi connectivity index (χ0) is 10.4. The molecule has 2 aliphatic heterocycles. The molecule has 0 radical (unpaired) electrons. The van der Waals surface area contributed by atoms with Gasteiger partial charge in [-0.2, -0.15) is 0 Å². The number of benzene rings is 1. The van der Waals surface area contributed by atoms with Crippen LogP contribution >= 0.6 is 12.4 Å². The molecule has 0 amide bonds. The van der Waals surface area contributed by atoms with Crippen LogP contribution in [0.5, 0.6) is 11.5 Å². The summed E-state index contributed by atoms with van der Waals surface area (Å²) in [7, 11) is -0.914. The van der Waals surface area contributed by atoms with Gasteiger partial charge in [-0.3, -0.25) is 0 Å². The molecule has 16 heavy (non-hydrogen) atoms. The minimum absolute atomic E-state index is 0.